The van der Waals surface area contributed by atoms with Gasteiger partial charge in [0.05, 0.1) is 6.61 Å². The van der Waals surface area contributed by atoms with Crippen LogP contribution in [0.3, 0.4) is 0 Å². The van der Waals surface area contributed by atoms with Crippen LogP contribution in [0.5, 0.6) is 0 Å². The molecule has 0 amide bonds. The van der Waals surface area contributed by atoms with Gasteiger partial charge in [0.25, 0.3) is 10.0 Å². The maximum Gasteiger partial charge on any atom is 0.250 e. The molecule has 0 bridgehead atoms. The second-order valence-corrected chi connectivity index (χ2v) is 7.72. The molecule has 2 N–H and O–H groups in total. The molecule has 0 aromatic carbocycles. The molecule has 4 nitrogen and oxygen atoms in total. The number of thiophene rings is 1. The molecule has 1 aromatic rings. The van der Waals surface area contributed by atoms with E-state index < -0.39 is 15.6 Å². The Balaban J connectivity index is 3.05. The minimum absolute atomic E-state index is 0.122. The lowest BCUT2D eigenvalue weighted by Gasteiger charge is -2.23. The fourth-order valence-corrected chi connectivity index (χ4v) is 4.20. The van der Waals surface area contributed by atoms with Crippen molar-refractivity contribution in [1.82, 2.24) is 4.72 Å². The molecule has 98 valence electrons. The van der Waals surface area contributed by atoms with E-state index in [1.165, 1.54) is 0 Å². The third kappa shape index (κ3) is 3.51. The van der Waals surface area contributed by atoms with E-state index in [0.717, 1.165) is 16.9 Å². The van der Waals surface area contributed by atoms with Gasteiger partial charge in [0.15, 0.2) is 0 Å². The number of aliphatic hydroxyl groups excluding tert-OH is 1. The lowest BCUT2D eigenvalue weighted by molar-refractivity contribution is 0.285. The minimum atomic E-state index is -3.48. The maximum absolute atomic E-state index is 12.1. The van der Waals surface area contributed by atoms with Gasteiger partial charge in [-0.2, -0.15) is 0 Å². The third-order valence-electron chi connectivity index (χ3n) is 2.70. The first kappa shape index (κ1) is 14.6. The van der Waals surface area contributed by atoms with E-state index in [-0.39, 0.29) is 10.8 Å². The first-order valence-electron chi connectivity index (χ1n) is 5.46. The fraction of sp³-hybridized carbons (Fsp3) is 0.636. The van der Waals surface area contributed by atoms with Crippen LogP contribution in [0.4, 0.5) is 0 Å². The van der Waals surface area contributed by atoms with Crippen LogP contribution in [0.2, 0.25) is 0 Å². The van der Waals surface area contributed by atoms with Gasteiger partial charge in [-0.15, -0.1) is 11.3 Å². The zero-order chi connectivity index (χ0) is 13.3. The number of nitrogens with one attached hydrogen (secondary N) is 1. The number of aliphatic hydroxyl groups is 1. The van der Waals surface area contributed by atoms with Crippen molar-refractivity contribution in [3.8, 4) is 0 Å². The molecule has 0 saturated carbocycles. The lowest BCUT2D eigenvalue weighted by Crippen LogP contribution is -2.42. The summed E-state index contributed by atoms with van der Waals surface area (Å²) in [5.74, 6) is 0. The Kier molecular flexibility index (Phi) is 4.35. The Morgan fingerprint density at radius 2 is 2.06 bits per heavy atom. The molecule has 0 aliphatic rings. The van der Waals surface area contributed by atoms with Crippen molar-refractivity contribution in [2.24, 2.45) is 0 Å². The number of hydrogen-bond donors (Lipinski definition) is 2. The summed E-state index contributed by atoms with van der Waals surface area (Å²) in [4.78, 5) is 0.694. The predicted octanol–water partition coefficient (Wildman–Crippen LogP) is 2.02. The van der Waals surface area contributed by atoms with Crippen LogP contribution in [-0.2, 0) is 16.6 Å². The zero-order valence-electron chi connectivity index (χ0n) is 10.6. The molecule has 1 rings (SSSR count). The Labute approximate surface area is 107 Å². The van der Waals surface area contributed by atoms with Crippen LogP contribution in [0.15, 0.2) is 10.3 Å². The summed E-state index contributed by atoms with van der Waals surface area (Å²) < 4.78 is 27.1. The summed E-state index contributed by atoms with van der Waals surface area (Å²) in [5.41, 5.74) is 0.350. The van der Waals surface area contributed by atoms with Crippen molar-refractivity contribution in [1.29, 1.82) is 0 Å². The molecule has 0 atom stereocenters. The highest BCUT2D eigenvalue weighted by Gasteiger charge is 2.26. The highest BCUT2D eigenvalue weighted by atomic mass is 32.2. The molecule has 1 heterocycles. The third-order valence-corrected chi connectivity index (χ3v) is 6.09. The molecule has 0 saturated heterocycles. The predicted molar refractivity (Wildman–Crippen MR) is 69.7 cm³/mol. The first-order valence-corrected chi connectivity index (χ1v) is 7.76. The Hall–Kier alpha value is -0.430. The van der Waals surface area contributed by atoms with Crippen molar-refractivity contribution in [2.45, 2.75) is 50.5 Å². The smallest absolute Gasteiger partial charge is 0.250 e. The van der Waals surface area contributed by atoms with Crippen LogP contribution in [0.1, 0.15) is 37.6 Å². The monoisotopic (exact) mass is 277 g/mol. The number of aryl methyl sites for hydroxylation is 1. The summed E-state index contributed by atoms with van der Waals surface area (Å²) in [7, 11) is -3.48. The van der Waals surface area contributed by atoms with Gasteiger partial charge in [-0.3, -0.25) is 0 Å². The second kappa shape index (κ2) is 5.06. The quantitative estimate of drug-likeness (QED) is 0.865. The number of sulfonamides is 1. The average Bonchev–Trinajstić information content (AvgIpc) is 2.59. The summed E-state index contributed by atoms with van der Waals surface area (Å²) >= 11 is 1.12. The molecular weight excluding hydrogens is 258 g/mol. The van der Waals surface area contributed by atoms with E-state index >= 15 is 0 Å². The van der Waals surface area contributed by atoms with Crippen molar-refractivity contribution < 1.29 is 13.5 Å². The van der Waals surface area contributed by atoms with Gasteiger partial charge in [0.2, 0.25) is 0 Å². The molecular formula is C11H19NO3S2. The highest BCUT2D eigenvalue weighted by Crippen LogP contribution is 2.27. The van der Waals surface area contributed by atoms with Crippen molar-refractivity contribution in [3.05, 3.63) is 16.5 Å². The normalized spacial score (nSPS) is 13.0. The fourth-order valence-electron chi connectivity index (χ4n) is 1.26. The number of rotatable bonds is 5. The molecule has 6 heteroatoms. The van der Waals surface area contributed by atoms with Crippen LogP contribution < -0.4 is 4.72 Å². The first-order chi connectivity index (χ1) is 7.72. The van der Waals surface area contributed by atoms with Crippen LogP contribution in [0.25, 0.3) is 0 Å². The minimum Gasteiger partial charge on any atom is -0.391 e. The molecule has 0 fully saturated rings. The Bertz CT molecular complexity index is 489. The van der Waals surface area contributed by atoms with E-state index in [2.05, 4.69) is 4.72 Å². The van der Waals surface area contributed by atoms with E-state index in [4.69, 9.17) is 5.11 Å². The number of hydrogen-bond acceptors (Lipinski definition) is 4. The van der Waals surface area contributed by atoms with E-state index in [0.29, 0.717) is 11.3 Å². The van der Waals surface area contributed by atoms with Crippen molar-refractivity contribution >= 4 is 21.4 Å². The zero-order valence-corrected chi connectivity index (χ0v) is 12.2. The largest absolute Gasteiger partial charge is 0.391 e. The molecule has 0 aliphatic heterocycles. The van der Waals surface area contributed by atoms with Crippen LogP contribution in [-0.4, -0.2) is 19.1 Å². The van der Waals surface area contributed by atoms with Gasteiger partial charge >= 0.3 is 0 Å². The SMILES string of the molecule is CCC(C)(C)NS(=O)(=O)c1cc(C)c(CO)s1. The molecule has 0 unspecified atom stereocenters. The molecule has 1 aromatic heterocycles. The molecule has 17 heavy (non-hydrogen) atoms. The van der Waals surface area contributed by atoms with E-state index in [9.17, 15) is 8.42 Å². The highest BCUT2D eigenvalue weighted by molar-refractivity contribution is 7.91. The van der Waals surface area contributed by atoms with E-state index in [1.807, 2.05) is 20.8 Å². The summed E-state index contributed by atoms with van der Waals surface area (Å²) in [6, 6.07) is 1.60. The van der Waals surface area contributed by atoms with Crippen molar-refractivity contribution in [3.63, 3.8) is 0 Å². The molecule has 0 spiro atoms. The van der Waals surface area contributed by atoms with Gasteiger partial charge in [0.1, 0.15) is 4.21 Å². The van der Waals surface area contributed by atoms with Crippen LogP contribution in [0, 0.1) is 6.92 Å². The summed E-state index contributed by atoms with van der Waals surface area (Å²) in [6.45, 7) is 7.30. The van der Waals surface area contributed by atoms with Gasteiger partial charge in [-0.05, 0) is 38.8 Å². The summed E-state index contributed by atoms with van der Waals surface area (Å²) in [6.07, 6.45) is 0.712. The van der Waals surface area contributed by atoms with E-state index in [1.54, 1.807) is 13.0 Å². The topological polar surface area (TPSA) is 66.4 Å². The molecule has 0 radical (unpaired) electrons. The van der Waals surface area contributed by atoms with Gasteiger partial charge in [0, 0.05) is 10.4 Å². The van der Waals surface area contributed by atoms with Gasteiger partial charge in [-0.25, -0.2) is 13.1 Å². The molecule has 0 aliphatic carbocycles. The van der Waals surface area contributed by atoms with Gasteiger partial charge < -0.3 is 5.11 Å². The standard InChI is InChI=1S/C11H19NO3S2/c1-5-11(3,4)12-17(14,15)10-6-8(2)9(7-13)16-10/h6,12-13H,5,7H2,1-4H3. The lowest BCUT2D eigenvalue weighted by atomic mass is 10.0. The maximum atomic E-state index is 12.1. The van der Waals surface area contributed by atoms with Crippen LogP contribution >= 0.6 is 11.3 Å². The average molecular weight is 277 g/mol. The Morgan fingerprint density at radius 1 is 1.47 bits per heavy atom. The van der Waals surface area contributed by atoms with Crippen molar-refractivity contribution in [2.75, 3.05) is 0 Å². The van der Waals surface area contributed by atoms with Gasteiger partial charge in [-0.1, -0.05) is 6.92 Å². The summed E-state index contributed by atoms with van der Waals surface area (Å²) in [5, 5.41) is 9.07. The Morgan fingerprint density at radius 3 is 2.47 bits per heavy atom. The second-order valence-electron chi connectivity index (χ2n) is 4.67.